The van der Waals surface area contributed by atoms with E-state index in [0.29, 0.717) is 16.3 Å². The zero-order valence-electron chi connectivity index (χ0n) is 13.2. The fourth-order valence-electron chi connectivity index (χ4n) is 2.83. The van der Waals surface area contributed by atoms with Crippen LogP contribution < -0.4 is 15.6 Å². The molecule has 0 spiro atoms. The molecule has 3 rings (SSSR count). The first kappa shape index (κ1) is 16.0. The molecule has 0 radical (unpaired) electrons. The van der Waals surface area contributed by atoms with Crippen LogP contribution in [0.15, 0.2) is 23.0 Å². The number of aromatic nitrogens is 1. The number of amides is 1. The maximum absolute atomic E-state index is 13.6. The van der Waals surface area contributed by atoms with Crippen molar-refractivity contribution in [2.24, 2.45) is 5.92 Å². The Morgan fingerprint density at radius 2 is 2.08 bits per heavy atom. The molecule has 0 bridgehead atoms. The fraction of sp³-hybridized carbons (Fsp3) is 0.353. The molecule has 2 heterocycles. The molecule has 1 fully saturated rings. The third kappa shape index (κ3) is 2.71. The SMILES string of the molecule is Cc1cc2c(OC[C@H]3NC(=O)[C@@H](F)[C@H]3C)[nH]c(=O)cc2cc1C#N. The number of rotatable bonds is 3. The second-order valence-corrected chi connectivity index (χ2v) is 6.02. The first-order valence-corrected chi connectivity index (χ1v) is 7.55. The second-order valence-electron chi connectivity index (χ2n) is 6.02. The fourth-order valence-corrected chi connectivity index (χ4v) is 2.83. The highest BCUT2D eigenvalue weighted by molar-refractivity contribution is 5.88. The van der Waals surface area contributed by atoms with Crippen LogP contribution in [0.25, 0.3) is 10.8 Å². The molecule has 2 N–H and O–H groups in total. The first-order valence-electron chi connectivity index (χ1n) is 7.55. The highest BCUT2D eigenvalue weighted by atomic mass is 19.1. The van der Waals surface area contributed by atoms with Gasteiger partial charge < -0.3 is 10.1 Å². The topological polar surface area (TPSA) is 95.0 Å². The van der Waals surface area contributed by atoms with E-state index in [-0.39, 0.29) is 18.0 Å². The number of nitriles is 1. The lowest BCUT2D eigenvalue weighted by molar-refractivity contribution is -0.123. The van der Waals surface area contributed by atoms with Crippen LogP contribution in [0.1, 0.15) is 18.1 Å². The van der Waals surface area contributed by atoms with Crippen molar-refractivity contribution >= 4 is 16.7 Å². The molecule has 1 amide bonds. The van der Waals surface area contributed by atoms with E-state index >= 15 is 0 Å². The van der Waals surface area contributed by atoms with Crippen LogP contribution in [-0.4, -0.2) is 29.7 Å². The summed E-state index contributed by atoms with van der Waals surface area (Å²) in [6.07, 6.45) is -1.55. The van der Waals surface area contributed by atoms with Gasteiger partial charge in [0, 0.05) is 17.4 Å². The van der Waals surface area contributed by atoms with Gasteiger partial charge in [0.1, 0.15) is 6.61 Å². The van der Waals surface area contributed by atoms with Crippen molar-refractivity contribution in [2.45, 2.75) is 26.1 Å². The van der Waals surface area contributed by atoms with Crippen LogP contribution in [0.4, 0.5) is 4.39 Å². The molecular weight excluding hydrogens is 313 g/mol. The summed E-state index contributed by atoms with van der Waals surface area (Å²) in [5, 5.41) is 12.9. The van der Waals surface area contributed by atoms with E-state index in [1.54, 1.807) is 26.0 Å². The number of carbonyl (C=O) groups is 1. The molecule has 1 aromatic heterocycles. The second kappa shape index (κ2) is 5.96. The van der Waals surface area contributed by atoms with Crippen molar-refractivity contribution < 1.29 is 13.9 Å². The Bertz CT molecular complexity index is 916. The van der Waals surface area contributed by atoms with Crippen LogP contribution >= 0.6 is 0 Å². The number of nitrogens with one attached hydrogen (secondary N) is 2. The predicted octanol–water partition coefficient (Wildman–Crippen LogP) is 1.56. The first-order chi connectivity index (χ1) is 11.4. The average Bonchev–Trinajstić information content (AvgIpc) is 2.79. The minimum atomic E-state index is -1.55. The minimum absolute atomic E-state index is 0.0431. The molecule has 1 saturated heterocycles. The van der Waals surface area contributed by atoms with Gasteiger partial charge in [-0.15, -0.1) is 0 Å². The van der Waals surface area contributed by atoms with E-state index in [4.69, 9.17) is 10.00 Å². The van der Waals surface area contributed by atoms with E-state index in [1.165, 1.54) is 6.07 Å². The number of fused-ring (bicyclic) bond motifs is 1. The number of alkyl halides is 1. The smallest absolute Gasteiger partial charge is 0.255 e. The lowest BCUT2D eigenvalue weighted by atomic mass is 10.0. The number of aromatic amines is 1. The van der Waals surface area contributed by atoms with Crippen LogP contribution in [0.3, 0.4) is 0 Å². The Morgan fingerprint density at radius 1 is 1.33 bits per heavy atom. The number of pyridine rings is 1. The molecule has 3 atom stereocenters. The summed E-state index contributed by atoms with van der Waals surface area (Å²) in [4.78, 5) is 25.8. The van der Waals surface area contributed by atoms with Gasteiger partial charge in [-0.3, -0.25) is 14.6 Å². The van der Waals surface area contributed by atoms with Gasteiger partial charge in [0.2, 0.25) is 5.88 Å². The van der Waals surface area contributed by atoms with Crippen molar-refractivity contribution in [3.63, 3.8) is 0 Å². The van der Waals surface area contributed by atoms with Crippen LogP contribution in [0.5, 0.6) is 5.88 Å². The van der Waals surface area contributed by atoms with E-state index in [2.05, 4.69) is 16.4 Å². The molecule has 1 aliphatic rings. The molecule has 7 heteroatoms. The van der Waals surface area contributed by atoms with Gasteiger partial charge in [-0.2, -0.15) is 5.26 Å². The van der Waals surface area contributed by atoms with Crippen molar-refractivity contribution in [3.05, 3.63) is 39.7 Å². The number of hydrogen-bond acceptors (Lipinski definition) is 4. The summed E-state index contributed by atoms with van der Waals surface area (Å²) in [5.74, 6) is -0.906. The van der Waals surface area contributed by atoms with Gasteiger partial charge in [-0.25, -0.2) is 4.39 Å². The Kier molecular flexibility index (Phi) is 3.97. The third-order valence-corrected chi connectivity index (χ3v) is 4.37. The Morgan fingerprint density at radius 3 is 2.71 bits per heavy atom. The van der Waals surface area contributed by atoms with Crippen LogP contribution in [0, 0.1) is 24.2 Å². The number of aryl methyl sites for hydroxylation is 1. The highest BCUT2D eigenvalue weighted by Crippen LogP contribution is 2.26. The third-order valence-electron chi connectivity index (χ3n) is 4.37. The van der Waals surface area contributed by atoms with Crippen molar-refractivity contribution in [1.29, 1.82) is 5.26 Å². The van der Waals surface area contributed by atoms with Crippen molar-refractivity contribution in [2.75, 3.05) is 6.61 Å². The number of H-pyrrole nitrogens is 1. The lowest BCUT2D eigenvalue weighted by Crippen LogP contribution is -2.34. The number of halogens is 1. The summed E-state index contributed by atoms with van der Waals surface area (Å²) >= 11 is 0. The molecule has 0 aliphatic carbocycles. The van der Waals surface area contributed by atoms with Gasteiger partial charge in [-0.05, 0) is 30.0 Å². The van der Waals surface area contributed by atoms with E-state index in [1.807, 2.05) is 0 Å². The zero-order valence-corrected chi connectivity index (χ0v) is 13.2. The summed E-state index contributed by atoms with van der Waals surface area (Å²) in [6.45, 7) is 3.47. The summed E-state index contributed by atoms with van der Waals surface area (Å²) in [7, 11) is 0. The Hall–Kier alpha value is -2.88. The average molecular weight is 329 g/mol. The summed E-state index contributed by atoms with van der Waals surface area (Å²) < 4.78 is 19.2. The standard InChI is InChI=1S/C17H16FN3O3/c1-8-3-12-10(4-11(8)6-19)5-14(22)21-17(12)24-7-13-9(2)15(18)16(23)20-13/h3-5,9,13,15H,7H2,1-2H3,(H,20,23)(H,21,22)/t9-,13+,15-/m0/s1. The normalized spacial score (nSPS) is 23.1. The monoisotopic (exact) mass is 329 g/mol. The van der Waals surface area contributed by atoms with Gasteiger partial charge in [0.25, 0.3) is 11.5 Å². The van der Waals surface area contributed by atoms with E-state index < -0.39 is 24.0 Å². The maximum atomic E-state index is 13.6. The molecular formula is C17H16FN3O3. The molecule has 6 nitrogen and oxygen atoms in total. The number of benzene rings is 1. The maximum Gasteiger partial charge on any atom is 0.255 e. The molecule has 0 saturated carbocycles. The molecule has 1 aromatic carbocycles. The number of hydrogen-bond donors (Lipinski definition) is 2. The Labute approximate surface area is 137 Å². The number of carbonyl (C=O) groups excluding carboxylic acids is 1. The van der Waals surface area contributed by atoms with Crippen molar-refractivity contribution in [3.8, 4) is 11.9 Å². The van der Waals surface area contributed by atoms with Gasteiger partial charge in [0.15, 0.2) is 6.17 Å². The van der Waals surface area contributed by atoms with Gasteiger partial charge >= 0.3 is 0 Å². The molecule has 2 aromatic rings. The molecule has 1 aliphatic heterocycles. The number of nitrogens with zero attached hydrogens (tertiary/aromatic N) is 1. The van der Waals surface area contributed by atoms with Crippen LogP contribution in [-0.2, 0) is 4.79 Å². The Balaban J connectivity index is 1.92. The largest absolute Gasteiger partial charge is 0.476 e. The highest BCUT2D eigenvalue weighted by Gasteiger charge is 2.39. The van der Waals surface area contributed by atoms with Gasteiger partial charge in [-0.1, -0.05) is 6.92 Å². The van der Waals surface area contributed by atoms with Crippen molar-refractivity contribution in [1.82, 2.24) is 10.3 Å². The van der Waals surface area contributed by atoms with E-state index in [9.17, 15) is 14.0 Å². The molecule has 124 valence electrons. The summed E-state index contributed by atoms with van der Waals surface area (Å²) in [6, 6.07) is 6.39. The molecule has 0 unspecified atom stereocenters. The predicted molar refractivity (Wildman–Crippen MR) is 85.5 cm³/mol. The zero-order chi connectivity index (χ0) is 17.4. The lowest BCUT2D eigenvalue weighted by Gasteiger charge is -2.17. The van der Waals surface area contributed by atoms with Gasteiger partial charge in [0.05, 0.1) is 17.7 Å². The minimum Gasteiger partial charge on any atom is -0.476 e. The van der Waals surface area contributed by atoms with Crippen LogP contribution in [0.2, 0.25) is 0 Å². The molecule has 24 heavy (non-hydrogen) atoms. The summed E-state index contributed by atoms with van der Waals surface area (Å²) in [5.41, 5.74) is 0.876. The van der Waals surface area contributed by atoms with E-state index in [0.717, 1.165) is 5.56 Å². The number of ether oxygens (including phenoxy) is 1. The quantitative estimate of drug-likeness (QED) is 0.893.